The summed E-state index contributed by atoms with van der Waals surface area (Å²) in [6.07, 6.45) is 5.16. The largest absolute Gasteiger partial charge is 0.276 e. The molecule has 5 rings (SSSR count). The van der Waals surface area contributed by atoms with Crippen LogP contribution in [0.4, 0.5) is 5.69 Å². The van der Waals surface area contributed by atoms with Crippen LogP contribution in [0.15, 0.2) is 84.0 Å². The van der Waals surface area contributed by atoms with Crippen LogP contribution in [-0.2, 0) is 0 Å². The molecule has 0 aliphatic carbocycles. The molecule has 0 spiro atoms. The van der Waals surface area contributed by atoms with Gasteiger partial charge in [0.2, 0.25) is 0 Å². The van der Waals surface area contributed by atoms with E-state index >= 15 is 0 Å². The molecular weight excluding hydrogens is 392 g/mol. The maximum Gasteiger partial charge on any atom is 0.274 e. The van der Waals surface area contributed by atoms with Crippen LogP contribution in [-0.4, -0.2) is 19.5 Å². The molecule has 0 aliphatic heterocycles. The average Bonchev–Trinajstić information content (AvgIpc) is 2.79. The zero-order valence-corrected chi connectivity index (χ0v) is 16.5. The summed E-state index contributed by atoms with van der Waals surface area (Å²) in [6.45, 7) is 1.67. The first-order valence-electron chi connectivity index (χ1n) is 9.63. The Bertz CT molecular complexity index is 1540. The minimum atomic E-state index is -0.434. The van der Waals surface area contributed by atoms with Crippen LogP contribution in [0.5, 0.6) is 0 Å². The summed E-state index contributed by atoms with van der Waals surface area (Å²) in [5, 5.41) is 13.0. The summed E-state index contributed by atoms with van der Waals surface area (Å²) >= 11 is 0. The highest BCUT2D eigenvalue weighted by Crippen LogP contribution is 2.30. The van der Waals surface area contributed by atoms with Gasteiger partial charge in [-0.1, -0.05) is 12.1 Å². The lowest BCUT2D eigenvalue weighted by molar-refractivity contribution is -0.385. The first-order chi connectivity index (χ1) is 15.0. The lowest BCUT2D eigenvalue weighted by Crippen LogP contribution is -2.18. The van der Waals surface area contributed by atoms with Crippen LogP contribution in [0.3, 0.4) is 0 Å². The number of pyridine rings is 3. The van der Waals surface area contributed by atoms with Crippen LogP contribution in [0, 0.1) is 17.0 Å². The highest BCUT2D eigenvalue weighted by molar-refractivity contribution is 6.05. The Labute approximate surface area is 176 Å². The molecule has 3 heterocycles. The third kappa shape index (κ3) is 3.12. The van der Waals surface area contributed by atoms with Gasteiger partial charge in [-0.2, -0.15) is 0 Å². The lowest BCUT2D eigenvalue weighted by Gasteiger charge is -2.13. The van der Waals surface area contributed by atoms with E-state index in [-0.39, 0.29) is 11.2 Å². The van der Waals surface area contributed by atoms with E-state index in [0.29, 0.717) is 16.8 Å². The van der Waals surface area contributed by atoms with E-state index in [0.717, 1.165) is 27.4 Å². The van der Waals surface area contributed by atoms with Gasteiger partial charge < -0.3 is 0 Å². The molecule has 7 nitrogen and oxygen atoms in total. The SMILES string of the molecule is Cc1ccc(-n2c(=O)ccc3cnc4ccc(-c5ccncc5)cc4c32)cc1[N+](=O)[O-]. The van der Waals surface area contributed by atoms with Crippen molar-refractivity contribution in [2.24, 2.45) is 0 Å². The van der Waals surface area contributed by atoms with E-state index in [1.165, 1.54) is 16.7 Å². The second-order valence-electron chi connectivity index (χ2n) is 7.26. The standard InChI is InChI=1S/C24H16N4O3/c1-15-2-5-19(13-22(15)28(30)31)27-23(29)7-4-18-14-26-21-6-3-17(12-20(21)24(18)27)16-8-10-25-11-9-16/h2-14H,1H3. The number of benzene rings is 2. The fourth-order valence-corrected chi connectivity index (χ4v) is 3.83. The molecule has 150 valence electrons. The molecule has 31 heavy (non-hydrogen) atoms. The van der Waals surface area contributed by atoms with E-state index in [1.807, 2.05) is 30.3 Å². The van der Waals surface area contributed by atoms with Crippen molar-refractivity contribution in [2.75, 3.05) is 0 Å². The Morgan fingerprint density at radius 2 is 1.74 bits per heavy atom. The summed E-state index contributed by atoms with van der Waals surface area (Å²) in [5.41, 5.74) is 4.01. The maximum atomic E-state index is 13.0. The minimum absolute atomic E-state index is 0.0303. The number of nitro groups is 1. The van der Waals surface area contributed by atoms with E-state index in [4.69, 9.17) is 0 Å². The van der Waals surface area contributed by atoms with E-state index in [2.05, 4.69) is 9.97 Å². The van der Waals surface area contributed by atoms with Crippen LogP contribution < -0.4 is 5.56 Å². The van der Waals surface area contributed by atoms with Gasteiger partial charge in [-0.05, 0) is 54.4 Å². The van der Waals surface area contributed by atoms with Crippen molar-refractivity contribution >= 4 is 27.5 Å². The third-order valence-corrected chi connectivity index (χ3v) is 5.38. The number of hydrogen-bond donors (Lipinski definition) is 0. The molecule has 3 aromatic heterocycles. The zero-order valence-electron chi connectivity index (χ0n) is 16.5. The van der Waals surface area contributed by atoms with Gasteiger partial charge in [0.15, 0.2) is 0 Å². The van der Waals surface area contributed by atoms with Gasteiger partial charge in [-0.25, -0.2) is 0 Å². The Balaban J connectivity index is 1.88. The maximum absolute atomic E-state index is 13.0. The van der Waals surface area contributed by atoms with Gasteiger partial charge in [-0.15, -0.1) is 0 Å². The minimum Gasteiger partial charge on any atom is -0.276 e. The summed E-state index contributed by atoms with van der Waals surface area (Å²) in [6, 6.07) is 17.7. The fourth-order valence-electron chi connectivity index (χ4n) is 3.83. The van der Waals surface area contributed by atoms with E-state index in [1.54, 1.807) is 43.7 Å². The van der Waals surface area contributed by atoms with Gasteiger partial charge in [-0.3, -0.25) is 29.4 Å². The molecule has 0 saturated carbocycles. The first-order valence-corrected chi connectivity index (χ1v) is 9.63. The van der Waals surface area contributed by atoms with Crippen molar-refractivity contribution in [3.63, 3.8) is 0 Å². The van der Waals surface area contributed by atoms with Crippen molar-refractivity contribution in [2.45, 2.75) is 6.92 Å². The van der Waals surface area contributed by atoms with Crippen molar-refractivity contribution in [3.05, 3.63) is 105 Å². The van der Waals surface area contributed by atoms with Gasteiger partial charge in [0.1, 0.15) is 0 Å². The summed E-state index contributed by atoms with van der Waals surface area (Å²) in [7, 11) is 0. The molecule has 0 N–H and O–H groups in total. The van der Waals surface area contributed by atoms with Crippen molar-refractivity contribution < 1.29 is 4.92 Å². The number of aromatic nitrogens is 3. The second kappa shape index (κ2) is 7.14. The third-order valence-electron chi connectivity index (χ3n) is 5.38. The molecule has 2 aromatic carbocycles. The highest BCUT2D eigenvalue weighted by Gasteiger charge is 2.16. The Morgan fingerprint density at radius 3 is 2.52 bits per heavy atom. The predicted octanol–water partition coefficient (Wildman–Crippen LogP) is 4.82. The number of aryl methyl sites for hydroxylation is 1. The van der Waals surface area contributed by atoms with E-state index in [9.17, 15) is 14.9 Å². The fraction of sp³-hybridized carbons (Fsp3) is 0.0417. The van der Waals surface area contributed by atoms with E-state index < -0.39 is 4.92 Å². The van der Waals surface area contributed by atoms with Crippen LogP contribution in [0.25, 0.3) is 38.6 Å². The van der Waals surface area contributed by atoms with Gasteiger partial charge in [0, 0.05) is 47.1 Å². The predicted molar refractivity (Wildman–Crippen MR) is 119 cm³/mol. The smallest absolute Gasteiger partial charge is 0.274 e. The molecule has 7 heteroatoms. The lowest BCUT2D eigenvalue weighted by atomic mass is 10.0. The molecule has 0 saturated heterocycles. The molecule has 0 aliphatic rings. The number of hydrogen-bond acceptors (Lipinski definition) is 5. The van der Waals surface area contributed by atoms with Gasteiger partial charge in [0.25, 0.3) is 11.2 Å². The van der Waals surface area contributed by atoms with Crippen LogP contribution >= 0.6 is 0 Å². The summed E-state index contributed by atoms with van der Waals surface area (Å²) in [5.74, 6) is 0. The topological polar surface area (TPSA) is 90.9 Å². The van der Waals surface area contributed by atoms with Gasteiger partial charge >= 0.3 is 0 Å². The average molecular weight is 408 g/mol. The molecular formula is C24H16N4O3. The molecule has 0 fully saturated rings. The number of rotatable bonds is 3. The van der Waals surface area contributed by atoms with Crippen LogP contribution in [0.2, 0.25) is 0 Å². The van der Waals surface area contributed by atoms with Crippen molar-refractivity contribution in [3.8, 4) is 16.8 Å². The molecule has 0 atom stereocenters. The number of fused-ring (bicyclic) bond motifs is 3. The molecule has 0 bridgehead atoms. The van der Waals surface area contributed by atoms with Crippen LogP contribution in [0.1, 0.15) is 5.56 Å². The molecule has 0 radical (unpaired) electrons. The van der Waals surface area contributed by atoms with Crippen molar-refractivity contribution in [1.82, 2.24) is 14.5 Å². The highest BCUT2D eigenvalue weighted by atomic mass is 16.6. The molecule has 0 unspecified atom stereocenters. The van der Waals surface area contributed by atoms with Gasteiger partial charge in [0.05, 0.1) is 21.6 Å². The number of nitrogens with zero attached hydrogens (tertiary/aromatic N) is 4. The zero-order chi connectivity index (χ0) is 21.5. The quantitative estimate of drug-likeness (QED) is 0.243. The Kier molecular flexibility index (Phi) is 4.29. The second-order valence-corrected chi connectivity index (χ2v) is 7.26. The summed E-state index contributed by atoms with van der Waals surface area (Å²) < 4.78 is 1.52. The monoisotopic (exact) mass is 408 g/mol. The molecule has 0 amide bonds. The normalized spacial score (nSPS) is 11.1. The summed E-state index contributed by atoms with van der Waals surface area (Å²) in [4.78, 5) is 32.6. The first kappa shape index (κ1) is 18.6. The van der Waals surface area contributed by atoms with Crippen molar-refractivity contribution in [1.29, 1.82) is 0 Å². The Hall–Kier alpha value is -4.39. The Morgan fingerprint density at radius 1 is 0.935 bits per heavy atom. The number of nitro benzene ring substituents is 1. The molecule has 5 aromatic rings.